The van der Waals surface area contributed by atoms with Crippen LogP contribution in [-0.4, -0.2) is 15.0 Å². The zero-order valence-corrected chi connectivity index (χ0v) is 14.4. The van der Waals surface area contributed by atoms with Crippen molar-refractivity contribution in [2.24, 2.45) is 0 Å². The maximum absolute atomic E-state index is 5.90. The van der Waals surface area contributed by atoms with Crippen LogP contribution in [0.3, 0.4) is 0 Å². The lowest BCUT2D eigenvalue weighted by molar-refractivity contribution is 0.0450. The second-order valence-electron chi connectivity index (χ2n) is 6.31. The molecule has 0 spiro atoms. The lowest BCUT2D eigenvalue weighted by atomic mass is 10.1. The highest BCUT2D eigenvalue weighted by Gasteiger charge is 2.27. The van der Waals surface area contributed by atoms with Crippen molar-refractivity contribution in [1.29, 1.82) is 0 Å². The summed E-state index contributed by atoms with van der Waals surface area (Å²) in [7, 11) is 0. The second kappa shape index (κ2) is 6.25. The molecule has 0 aliphatic carbocycles. The molecule has 4 aromatic rings. The average molecular weight is 356 g/mol. The third-order valence-electron chi connectivity index (χ3n) is 4.43. The van der Waals surface area contributed by atoms with E-state index in [0.717, 1.165) is 11.3 Å². The largest absolute Gasteiger partial charge is 0.445 e. The van der Waals surface area contributed by atoms with Gasteiger partial charge in [0.25, 0.3) is 6.29 Å². The van der Waals surface area contributed by atoms with Crippen LogP contribution >= 0.6 is 0 Å². The first kappa shape index (κ1) is 15.6. The Labute approximate surface area is 155 Å². The molecule has 1 aliphatic rings. The molecule has 1 aliphatic heterocycles. The van der Waals surface area contributed by atoms with Crippen LogP contribution in [0.4, 0.5) is 5.95 Å². The number of fused-ring (bicyclic) bond motifs is 2. The standard InChI is InChI=1S/C21H16N4O2/c22-21-24-14-10-11-15(20-26-17-8-4-5-9-18(17)27-20)23-19(14)16(25-21)12-13-6-2-1-3-7-13/h1-11,20H,12H2,(H2,22,24,25). The molecule has 0 radical (unpaired) electrons. The fourth-order valence-electron chi connectivity index (χ4n) is 3.17. The number of pyridine rings is 1. The SMILES string of the molecule is Nc1nc(Cc2ccccc2)c2nc(C3Oc4ccccc4O3)ccc2n1. The van der Waals surface area contributed by atoms with E-state index in [4.69, 9.17) is 20.2 Å². The Hall–Kier alpha value is -3.67. The fourth-order valence-corrected chi connectivity index (χ4v) is 3.17. The molecular weight excluding hydrogens is 340 g/mol. The van der Waals surface area contributed by atoms with Gasteiger partial charge in [-0.15, -0.1) is 0 Å². The fraction of sp³-hybridized carbons (Fsp3) is 0.0952. The topological polar surface area (TPSA) is 83.2 Å². The number of nitrogens with two attached hydrogens (primary N) is 1. The number of ether oxygens (including phenoxy) is 2. The van der Waals surface area contributed by atoms with Crippen LogP contribution in [0, 0.1) is 0 Å². The molecule has 27 heavy (non-hydrogen) atoms. The van der Waals surface area contributed by atoms with Crippen molar-refractivity contribution >= 4 is 17.0 Å². The van der Waals surface area contributed by atoms with Crippen LogP contribution < -0.4 is 15.2 Å². The molecule has 0 amide bonds. The summed E-state index contributed by atoms with van der Waals surface area (Å²) in [4.78, 5) is 13.5. The summed E-state index contributed by atoms with van der Waals surface area (Å²) in [5.74, 6) is 1.66. The molecule has 132 valence electrons. The molecule has 0 unspecified atom stereocenters. The summed E-state index contributed by atoms with van der Waals surface area (Å²) in [5, 5.41) is 0. The molecule has 0 fully saturated rings. The van der Waals surface area contributed by atoms with Gasteiger partial charge in [0.15, 0.2) is 11.5 Å². The van der Waals surface area contributed by atoms with Crippen molar-refractivity contribution in [3.05, 3.63) is 83.7 Å². The molecule has 6 nitrogen and oxygen atoms in total. The van der Waals surface area contributed by atoms with E-state index in [1.807, 2.05) is 66.7 Å². The quantitative estimate of drug-likeness (QED) is 0.603. The maximum Gasteiger partial charge on any atom is 0.284 e. The molecule has 6 heteroatoms. The van der Waals surface area contributed by atoms with Crippen LogP contribution in [0.25, 0.3) is 11.0 Å². The number of para-hydroxylation sites is 2. The number of hydrogen-bond acceptors (Lipinski definition) is 6. The van der Waals surface area contributed by atoms with Gasteiger partial charge in [0.2, 0.25) is 5.95 Å². The maximum atomic E-state index is 5.90. The molecule has 0 saturated heterocycles. The van der Waals surface area contributed by atoms with E-state index >= 15 is 0 Å². The number of hydrogen-bond donors (Lipinski definition) is 1. The average Bonchev–Trinajstić information content (AvgIpc) is 3.13. The third-order valence-corrected chi connectivity index (χ3v) is 4.43. The Morgan fingerprint density at radius 3 is 2.22 bits per heavy atom. The van der Waals surface area contributed by atoms with Gasteiger partial charge in [0.05, 0.1) is 11.2 Å². The summed E-state index contributed by atoms with van der Waals surface area (Å²) in [6, 6.07) is 21.4. The monoisotopic (exact) mass is 356 g/mol. The predicted molar refractivity (Wildman–Crippen MR) is 101 cm³/mol. The van der Waals surface area contributed by atoms with Crippen LogP contribution in [-0.2, 0) is 6.42 Å². The van der Waals surface area contributed by atoms with Gasteiger partial charge in [-0.3, -0.25) is 0 Å². The van der Waals surface area contributed by atoms with Crippen LogP contribution in [0.1, 0.15) is 23.2 Å². The summed E-state index contributed by atoms with van der Waals surface area (Å²) in [5.41, 5.74) is 9.88. The van der Waals surface area contributed by atoms with E-state index in [-0.39, 0.29) is 5.95 Å². The van der Waals surface area contributed by atoms with Gasteiger partial charge < -0.3 is 15.2 Å². The smallest absolute Gasteiger partial charge is 0.284 e. The third kappa shape index (κ3) is 2.91. The minimum atomic E-state index is -0.589. The summed E-state index contributed by atoms with van der Waals surface area (Å²) in [6.07, 6.45) is 0.0292. The lowest BCUT2D eigenvalue weighted by Gasteiger charge is -2.12. The van der Waals surface area contributed by atoms with E-state index in [9.17, 15) is 0 Å². The normalized spacial score (nSPS) is 13.2. The Kier molecular flexibility index (Phi) is 3.60. The second-order valence-corrected chi connectivity index (χ2v) is 6.31. The predicted octanol–water partition coefficient (Wildman–Crippen LogP) is 3.67. The lowest BCUT2D eigenvalue weighted by Crippen LogP contribution is -2.11. The number of anilines is 1. The minimum Gasteiger partial charge on any atom is -0.445 e. The molecule has 2 N–H and O–H groups in total. The minimum absolute atomic E-state index is 0.240. The highest BCUT2D eigenvalue weighted by Crippen LogP contribution is 2.39. The van der Waals surface area contributed by atoms with Crippen molar-refractivity contribution in [1.82, 2.24) is 15.0 Å². The van der Waals surface area contributed by atoms with Gasteiger partial charge in [0, 0.05) is 6.42 Å². The Morgan fingerprint density at radius 2 is 1.48 bits per heavy atom. The molecule has 2 aromatic heterocycles. The van der Waals surface area contributed by atoms with E-state index in [2.05, 4.69) is 9.97 Å². The summed E-state index contributed by atoms with van der Waals surface area (Å²) >= 11 is 0. The van der Waals surface area contributed by atoms with E-state index in [0.29, 0.717) is 34.6 Å². The highest BCUT2D eigenvalue weighted by molar-refractivity contribution is 5.78. The van der Waals surface area contributed by atoms with Crippen molar-refractivity contribution in [3.63, 3.8) is 0 Å². The number of benzene rings is 2. The Balaban J connectivity index is 1.55. The number of nitrogens with zero attached hydrogens (tertiary/aromatic N) is 3. The van der Waals surface area contributed by atoms with Crippen molar-refractivity contribution < 1.29 is 9.47 Å². The molecule has 5 rings (SSSR count). The first-order chi connectivity index (χ1) is 13.3. The first-order valence-electron chi connectivity index (χ1n) is 8.65. The van der Waals surface area contributed by atoms with Crippen LogP contribution in [0.5, 0.6) is 11.5 Å². The molecule has 0 atom stereocenters. The van der Waals surface area contributed by atoms with Gasteiger partial charge >= 0.3 is 0 Å². The molecule has 3 heterocycles. The molecule has 0 bridgehead atoms. The van der Waals surface area contributed by atoms with Crippen LogP contribution in [0.15, 0.2) is 66.7 Å². The van der Waals surface area contributed by atoms with Crippen molar-refractivity contribution in [2.45, 2.75) is 12.7 Å². The molecule has 0 saturated carbocycles. The Morgan fingerprint density at radius 1 is 0.778 bits per heavy atom. The van der Waals surface area contributed by atoms with Crippen molar-refractivity contribution in [2.75, 3.05) is 5.73 Å². The van der Waals surface area contributed by atoms with Crippen molar-refractivity contribution in [3.8, 4) is 11.5 Å². The van der Waals surface area contributed by atoms with E-state index < -0.39 is 6.29 Å². The zero-order chi connectivity index (χ0) is 18.2. The molecular formula is C21H16N4O2. The van der Waals surface area contributed by atoms with Gasteiger partial charge in [-0.25, -0.2) is 15.0 Å². The van der Waals surface area contributed by atoms with E-state index in [1.165, 1.54) is 0 Å². The van der Waals surface area contributed by atoms with Gasteiger partial charge in [-0.1, -0.05) is 42.5 Å². The number of aromatic nitrogens is 3. The first-order valence-corrected chi connectivity index (χ1v) is 8.65. The summed E-state index contributed by atoms with van der Waals surface area (Å²) in [6.45, 7) is 0. The van der Waals surface area contributed by atoms with Gasteiger partial charge in [0.1, 0.15) is 11.2 Å². The summed E-state index contributed by atoms with van der Waals surface area (Å²) < 4.78 is 11.7. The molecule has 2 aromatic carbocycles. The zero-order valence-electron chi connectivity index (χ0n) is 14.4. The van der Waals surface area contributed by atoms with E-state index in [1.54, 1.807) is 0 Å². The Bertz CT molecular complexity index is 1110. The number of nitrogen functional groups attached to an aromatic ring is 1. The van der Waals surface area contributed by atoms with Crippen LogP contribution in [0.2, 0.25) is 0 Å². The number of rotatable bonds is 3. The van der Waals surface area contributed by atoms with Gasteiger partial charge in [-0.2, -0.15) is 0 Å². The highest BCUT2D eigenvalue weighted by atomic mass is 16.7. The van der Waals surface area contributed by atoms with Gasteiger partial charge in [-0.05, 0) is 29.8 Å².